The molecule has 4 aromatic rings. The van der Waals surface area contributed by atoms with Crippen molar-refractivity contribution in [2.45, 2.75) is 19.4 Å². The molecule has 204 valence electrons. The summed E-state index contributed by atoms with van der Waals surface area (Å²) in [7, 11) is 1.36. The number of carboxylic acids is 1. The second-order valence-electron chi connectivity index (χ2n) is 8.79. The summed E-state index contributed by atoms with van der Waals surface area (Å²) in [5, 5.41) is 16.6. The van der Waals surface area contributed by atoms with Crippen LogP contribution in [-0.2, 0) is 11.2 Å². The number of ether oxygens (including phenoxy) is 1. The van der Waals surface area contributed by atoms with Crippen molar-refractivity contribution < 1.29 is 24.2 Å². The van der Waals surface area contributed by atoms with Crippen molar-refractivity contribution in [1.29, 1.82) is 0 Å². The Hall–Kier alpha value is -4.47. The number of benzene rings is 3. The van der Waals surface area contributed by atoms with E-state index in [0.29, 0.717) is 16.1 Å². The van der Waals surface area contributed by atoms with Crippen LogP contribution in [0, 0.1) is 0 Å². The predicted octanol–water partition coefficient (Wildman–Crippen LogP) is 5.55. The van der Waals surface area contributed by atoms with Gasteiger partial charge in [0.2, 0.25) is 11.8 Å². The molecule has 0 saturated heterocycles. The number of Topliss-reactive ketones (excluding diaryl/α,β-unsaturated/α-hetero) is 1. The van der Waals surface area contributed by atoms with Gasteiger partial charge in [-0.3, -0.25) is 14.4 Å². The van der Waals surface area contributed by atoms with E-state index < -0.39 is 23.5 Å². The van der Waals surface area contributed by atoms with Gasteiger partial charge >= 0.3 is 5.97 Å². The zero-order chi connectivity index (χ0) is 29.0. The highest BCUT2D eigenvalue weighted by molar-refractivity contribution is 6.34. The summed E-state index contributed by atoms with van der Waals surface area (Å²) >= 11 is 12.3. The van der Waals surface area contributed by atoms with Crippen LogP contribution in [0.3, 0.4) is 0 Å². The molecule has 0 unspecified atom stereocenters. The minimum atomic E-state index is -1.21. The number of hydrogen-bond acceptors (Lipinski definition) is 6. The van der Waals surface area contributed by atoms with E-state index in [9.17, 15) is 24.3 Å². The van der Waals surface area contributed by atoms with Gasteiger partial charge in [0.15, 0.2) is 5.78 Å². The lowest BCUT2D eigenvalue weighted by molar-refractivity contribution is -0.119. The second kappa shape index (κ2) is 12.1. The van der Waals surface area contributed by atoms with E-state index in [2.05, 4.69) is 10.4 Å². The smallest absolute Gasteiger partial charge is 0.337 e. The fraction of sp³-hybridized carbons (Fsp3) is 0.138. The maximum absolute atomic E-state index is 13.6. The first kappa shape index (κ1) is 28.5. The number of carboxylic acid groups (broad SMARTS) is 1. The standard InChI is InChI=1S/C29H23Cl2N3O6/c1-16(35)20-10-8-18(30)13-22(20)23-15-26(36)34(33-28(23)40-2)25(12-17-6-4-3-5-7-17)27(37)32-19-9-11-21(29(38)39)24(31)14-19/h3-11,13-15,25H,12H2,1-2H3,(H,32,37)(H,38,39)/t25-/m0/s1. The van der Waals surface area contributed by atoms with Crippen molar-refractivity contribution in [2.24, 2.45) is 0 Å². The lowest BCUT2D eigenvalue weighted by Gasteiger charge is -2.20. The first-order valence-electron chi connectivity index (χ1n) is 12.0. The van der Waals surface area contributed by atoms with Crippen LogP contribution >= 0.6 is 23.2 Å². The van der Waals surface area contributed by atoms with Crippen LogP contribution in [0.4, 0.5) is 5.69 Å². The third kappa shape index (κ3) is 6.22. The number of halogens is 2. The van der Waals surface area contributed by atoms with Crippen molar-refractivity contribution in [2.75, 3.05) is 12.4 Å². The number of aromatic carboxylic acids is 1. The summed E-state index contributed by atoms with van der Waals surface area (Å²) in [5.74, 6) is -2.05. The Morgan fingerprint density at radius 3 is 2.30 bits per heavy atom. The van der Waals surface area contributed by atoms with Gasteiger partial charge in [-0.1, -0.05) is 53.5 Å². The van der Waals surface area contributed by atoms with Crippen molar-refractivity contribution >= 4 is 46.5 Å². The number of ketones is 1. The molecule has 4 rings (SSSR count). The average molecular weight is 580 g/mol. The summed E-state index contributed by atoms with van der Waals surface area (Å²) in [5.41, 5.74) is 1.18. The van der Waals surface area contributed by atoms with Crippen molar-refractivity contribution in [3.8, 4) is 17.0 Å². The Balaban J connectivity index is 1.80. The molecule has 0 radical (unpaired) electrons. The maximum Gasteiger partial charge on any atom is 0.337 e. The summed E-state index contributed by atoms with van der Waals surface area (Å²) in [6, 6.07) is 17.8. The van der Waals surface area contributed by atoms with E-state index in [0.717, 1.165) is 10.2 Å². The number of amides is 1. The fourth-order valence-electron chi connectivity index (χ4n) is 4.19. The highest BCUT2D eigenvalue weighted by Gasteiger charge is 2.27. The summed E-state index contributed by atoms with van der Waals surface area (Å²) in [6.45, 7) is 1.39. The van der Waals surface area contributed by atoms with Crippen LogP contribution in [0.5, 0.6) is 5.88 Å². The van der Waals surface area contributed by atoms with Gasteiger partial charge in [-0.25, -0.2) is 9.48 Å². The third-order valence-electron chi connectivity index (χ3n) is 6.10. The molecule has 0 spiro atoms. The van der Waals surface area contributed by atoms with Crippen LogP contribution in [0.1, 0.15) is 39.2 Å². The van der Waals surface area contributed by atoms with Crippen LogP contribution in [0.25, 0.3) is 11.1 Å². The van der Waals surface area contributed by atoms with Gasteiger partial charge in [-0.2, -0.15) is 0 Å². The lowest BCUT2D eigenvalue weighted by Crippen LogP contribution is -2.36. The lowest BCUT2D eigenvalue weighted by atomic mass is 9.98. The normalized spacial score (nSPS) is 11.5. The molecule has 9 nitrogen and oxygen atoms in total. The van der Waals surface area contributed by atoms with Gasteiger partial charge in [0, 0.05) is 28.8 Å². The SMILES string of the molecule is COc1nn([C@@H](Cc2ccccc2)C(=O)Nc2ccc(C(=O)O)c(Cl)c2)c(=O)cc1-c1cc(Cl)ccc1C(C)=O. The fourth-order valence-corrected chi connectivity index (χ4v) is 4.62. The van der Waals surface area contributed by atoms with E-state index in [-0.39, 0.29) is 39.9 Å². The average Bonchev–Trinajstić information content (AvgIpc) is 2.92. The van der Waals surface area contributed by atoms with Gasteiger partial charge in [0.05, 0.1) is 23.3 Å². The number of hydrogen-bond donors (Lipinski definition) is 2. The molecule has 1 amide bonds. The van der Waals surface area contributed by atoms with E-state index in [1.165, 1.54) is 38.3 Å². The Kier molecular flexibility index (Phi) is 8.67. The molecule has 3 aromatic carbocycles. The van der Waals surface area contributed by atoms with Crippen LogP contribution < -0.4 is 15.6 Å². The van der Waals surface area contributed by atoms with Gasteiger partial charge < -0.3 is 15.2 Å². The number of rotatable bonds is 9. The highest BCUT2D eigenvalue weighted by Crippen LogP contribution is 2.33. The topological polar surface area (TPSA) is 128 Å². The Morgan fingerprint density at radius 2 is 1.68 bits per heavy atom. The number of carbonyl (C=O) groups excluding carboxylic acids is 2. The highest BCUT2D eigenvalue weighted by atomic mass is 35.5. The molecule has 0 saturated carbocycles. The molecular formula is C29H23Cl2N3O6. The summed E-state index contributed by atoms with van der Waals surface area (Å²) in [4.78, 5) is 50.6. The molecule has 1 aromatic heterocycles. The van der Waals surface area contributed by atoms with Gasteiger partial charge in [-0.15, -0.1) is 5.10 Å². The molecule has 0 aliphatic carbocycles. The number of anilines is 1. The van der Waals surface area contributed by atoms with Gasteiger partial charge in [0.25, 0.3) is 5.56 Å². The predicted molar refractivity (Wildman–Crippen MR) is 152 cm³/mol. The third-order valence-corrected chi connectivity index (χ3v) is 6.65. The molecule has 0 bridgehead atoms. The number of nitrogens with zero attached hydrogens (tertiary/aromatic N) is 2. The Morgan fingerprint density at radius 1 is 0.975 bits per heavy atom. The molecule has 0 fully saturated rings. The molecule has 1 atom stereocenters. The number of aromatic nitrogens is 2. The molecule has 2 N–H and O–H groups in total. The monoisotopic (exact) mass is 579 g/mol. The number of nitrogens with one attached hydrogen (secondary N) is 1. The van der Waals surface area contributed by atoms with Crippen molar-refractivity contribution in [1.82, 2.24) is 9.78 Å². The largest absolute Gasteiger partial charge is 0.480 e. The van der Waals surface area contributed by atoms with Crippen LogP contribution in [-0.4, -0.2) is 39.7 Å². The van der Waals surface area contributed by atoms with E-state index in [1.807, 2.05) is 6.07 Å². The van der Waals surface area contributed by atoms with Crippen molar-refractivity contribution in [3.05, 3.63) is 110 Å². The zero-order valence-electron chi connectivity index (χ0n) is 21.4. The molecule has 11 heteroatoms. The van der Waals surface area contributed by atoms with Crippen LogP contribution in [0.2, 0.25) is 10.0 Å². The quantitative estimate of drug-likeness (QED) is 0.249. The van der Waals surface area contributed by atoms with E-state index in [4.69, 9.17) is 27.9 Å². The minimum absolute atomic E-state index is 0.00378. The first-order valence-corrected chi connectivity index (χ1v) is 12.7. The number of carbonyl (C=O) groups is 3. The molecular weight excluding hydrogens is 557 g/mol. The van der Waals surface area contributed by atoms with E-state index in [1.54, 1.807) is 42.5 Å². The van der Waals surface area contributed by atoms with E-state index >= 15 is 0 Å². The summed E-state index contributed by atoms with van der Waals surface area (Å²) in [6.07, 6.45) is 0.0961. The molecule has 1 heterocycles. The van der Waals surface area contributed by atoms with Crippen LogP contribution in [0.15, 0.2) is 77.6 Å². The second-order valence-corrected chi connectivity index (χ2v) is 9.63. The summed E-state index contributed by atoms with van der Waals surface area (Å²) < 4.78 is 6.50. The maximum atomic E-state index is 13.6. The Labute approximate surface area is 238 Å². The number of methoxy groups -OCH3 is 1. The molecule has 40 heavy (non-hydrogen) atoms. The zero-order valence-corrected chi connectivity index (χ0v) is 22.9. The Bertz CT molecular complexity index is 1670. The molecule has 0 aliphatic heterocycles. The first-order chi connectivity index (χ1) is 19.1. The minimum Gasteiger partial charge on any atom is -0.480 e. The molecule has 0 aliphatic rings. The van der Waals surface area contributed by atoms with Gasteiger partial charge in [-0.05, 0) is 54.4 Å². The van der Waals surface area contributed by atoms with Gasteiger partial charge in [0.1, 0.15) is 6.04 Å². The van der Waals surface area contributed by atoms with Crippen molar-refractivity contribution in [3.63, 3.8) is 0 Å².